The normalized spacial score (nSPS) is 12.6. The molecule has 0 aromatic rings. The number of carboxylic acids is 1. The van der Waals surface area contributed by atoms with Crippen LogP contribution in [0.4, 0.5) is 0 Å². The van der Waals surface area contributed by atoms with E-state index < -0.39 is 12.0 Å². The van der Waals surface area contributed by atoms with Gasteiger partial charge in [0.05, 0.1) is 5.75 Å². The van der Waals surface area contributed by atoms with Gasteiger partial charge in [-0.3, -0.25) is 4.79 Å². The Labute approximate surface area is 88.4 Å². The lowest BCUT2D eigenvalue weighted by Crippen LogP contribution is -2.42. The van der Waals surface area contributed by atoms with E-state index in [0.717, 1.165) is 0 Å². The second kappa shape index (κ2) is 6.70. The van der Waals surface area contributed by atoms with Crippen LogP contribution < -0.4 is 5.32 Å². The van der Waals surface area contributed by atoms with Gasteiger partial charge in [-0.1, -0.05) is 13.8 Å². The highest BCUT2D eigenvalue weighted by atomic mass is 32.2. The maximum absolute atomic E-state index is 11.1. The molecular formula is C9H17NO3S. The molecule has 0 aliphatic carbocycles. The highest BCUT2D eigenvalue weighted by molar-refractivity contribution is 7.99. The Morgan fingerprint density at radius 1 is 1.43 bits per heavy atom. The first-order valence-electron chi connectivity index (χ1n) is 4.48. The van der Waals surface area contributed by atoms with Gasteiger partial charge in [0.1, 0.15) is 6.04 Å². The van der Waals surface area contributed by atoms with E-state index in [1.807, 2.05) is 13.8 Å². The van der Waals surface area contributed by atoms with E-state index in [2.05, 4.69) is 5.32 Å². The number of nitrogens with one attached hydrogen (secondary N) is 1. The Hall–Kier alpha value is -0.710. The van der Waals surface area contributed by atoms with Crippen molar-refractivity contribution in [2.24, 2.45) is 5.92 Å². The zero-order chi connectivity index (χ0) is 11.1. The molecule has 0 fully saturated rings. The van der Waals surface area contributed by atoms with Gasteiger partial charge in [0.25, 0.3) is 0 Å². The number of carboxylic acid groups (broad SMARTS) is 1. The van der Waals surface area contributed by atoms with Crippen molar-refractivity contribution in [2.45, 2.75) is 26.3 Å². The molecule has 0 aliphatic heterocycles. The zero-order valence-corrected chi connectivity index (χ0v) is 9.56. The molecule has 0 saturated carbocycles. The number of aliphatic carboxylic acids is 1. The summed E-state index contributed by atoms with van der Waals surface area (Å²) in [7, 11) is 0. The molecule has 4 nitrogen and oxygen atoms in total. The molecule has 5 heteroatoms. The van der Waals surface area contributed by atoms with Crippen LogP contribution in [0.2, 0.25) is 0 Å². The molecule has 1 amide bonds. The van der Waals surface area contributed by atoms with Crippen LogP contribution in [0.5, 0.6) is 0 Å². The van der Waals surface area contributed by atoms with Crippen LogP contribution in [0.3, 0.4) is 0 Å². The summed E-state index contributed by atoms with van der Waals surface area (Å²) in [4.78, 5) is 21.9. The van der Waals surface area contributed by atoms with E-state index in [-0.39, 0.29) is 11.8 Å². The lowest BCUT2D eigenvalue weighted by molar-refractivity contribution is -0.141. The van der Waals surface area contributed by atoms with Crippen molar-refractivity contribution < 1.29 is 14.7 Å². The molecule has 82 valence electrons. The quantitative estimate of drug-likeness (QED) is 0.698. The first-order chi connectivity index (χ1) is 6.47. The van der Waals surface area contributed by atoms with Crippen molar-refractivity contribution in [2.75, 3.05) is 12.0 Å². The van der Waals surface area contributed by atoms with Gasteiger partial charge in [-0.2, -0.15) is 11.8 Å². The Balaban J connectivity index is 4.09. The molecule has 0 radical (unpaired) electrons. The summed E-state index contributed by atoms with van der Waals surface area (Å²) >= 11 is 1.38. The SMILES string of the molecule is CSCC(=O)N[C@H](CC(C)C)C(=O)O. The minimum Gasteiger partial charge on any atom is -0.480 e. The van der Waals surface area contributed by atoms with E-state index in [9.17, 15) is 9.59 Å². The summed E-state index contributed by atoms with van der Waals surface area (Å²) in [5.74, 6) is -0.619. The Morgan fingerprint density at radius 2 is 2.00 bits per heavy atom. The van der Waals surface area contributed by atoms with Crippen LogP contribution in [0.1, 0.15) is 20.3 Å². The van der Waals surface area contributed by atoms with Crippen molar-refractivity contribution in [3.63, 3.8) is 0 Å². The summed E-state index contributed by atoms with van der Waals surface area (Å²) in [6, 6.07) is -0.755. The number of carbonyl (C=O) groups is 2. The Bertz CT molecular complexity index is 206. The molecular weight excluding hydrogens is 202 g/mol. The highest BCUT2D eigenvalue weighted by Crippen LogP contribution is 2.05. The smallest absolute Gasteiger partial charge is 0.326 e. The fourth-order valence-electron chi connectivity index (χ4n) is 1.06. The molecule has 0 spiro atoms. The molecule has 0 aromatic carbocycles. The topological polar surface area (TPSA) is 66.4 Å². The van der Waals surface area contributed by atoms with Gasteiger partial charge >= 0.3 is 5.97 Å². The fraction of sp³-hybridized carbons (Fsp3) is 0.778. The van der Waals surface area contributed by atoms with Crippen molar-refractivity contribution in [3.05, 3.63) is 0 Å². The predicted molar refractivity (Wildman–Crippen MR) is 57.4 cm³/mol. The van der Waals surface area contributed by atoms with Crippen LogP contribution in [-0.4, -0.2) is 35.0 Å². The number of amides is 1. The van der Waals surface area contributed by atoms with Gasteiger partial charge in [0.15, 0.2) is 0 Å². The first kappa shape index (κ1) is 13.3. The summed E-state index contributed by atoms with van der Waals surface area (Å²) in [6.45, 7) is 3.85. The second-order valence-corrected chi connectivity index (χ2v) is 4.39. The third-order valence-corrected chi connectivity index (χ3v) is 2.17. The van der Waals surface area contributed by atoms with E-state index in [1.165, 1.54) is 11.8 Å². The van der Waals surface area contributed by atoms with Gasteiger partial charge in [-0.25, -0.2) is 4.79 Å². The van der Waals surface area contributed by atoms with Gasteiger partial charge in [-0.05, 0) is 18.6 Å². The van der Waals surface area contributed by atoms with Crippen molar-refractivity contribution in [1.29, 1.82) is 0 Å². The largest absolute Gasteiger partial charge is 0.480 e. The average Bonchev–Trinajstić information content (AvgIpc) is 2.02. The molecule has 14 heavy (non-hydrogen) atoms. The van der Waals surface area contributed by atoms with Crippen LogP contribution in [0.25, 0.3) is 0 Å². The highest BCUT2D eigenvalue weighted by Gasteiger charge is 2.20. The molecule has 0 heterocycles. The van der Waals surface area contributed by atoms with Crippen molar-refractivity contribution in [3.8, 4) is 0 Å². The summed E-state index contributed by atoms with van der Waals surface area (Å²) in [5, 5.41) is 11.3. The minimum atomic E-state index is -0.965. The molecule has 0 aromatic heterocycles. The number of thioether (sulfide) groups is 1. The van der Waals surface area contributed by atoms with E-state index in [4.69, 9.17) is 5.11 Å². The number of hydrogen-bond acceptors (Lipinski definition) is 3. The summed E-state index contributed by atoms with van der Waals surface area (Å²) in [6.07, 6.45) is 2.27. The van der Waals surface area contributed by atoms with Crippen LogP contribution in [-0.2, 0) is 9.59 Å². The fourth-order valence-corrected chi connectivity index (χ4v) is 1.41. The number of carbonyl (C=O) groups excluding carboxylic acids is 1. The predicted octanol–water partition coefficient (Wildman–Crippen LogP) is 0.965. The van der Waals surface area contributed by atoms with Gasteiger partial charge < -0.3 is 10.4 Å². The molecule has 0 aliphatic rings. The summed E-state index contributed by atoms with van der Waals surface area (Å²) in [5.41, 5.74) is 0. The van der Waals surface area contributed by atoms with E-state index in [1.54, 1.807) is 6.26 Å². The van der Waals surface area contributed by atoms with Crippen LogP contribution >= 0.6 is 11.8 Å². The van der Waals surface area contributed by atoms with E-state index >= 15 is 0 Å². The Morgan fingerprint density at radius 3 is 2.36 bits per heavy atom. The van der Waals surface area contributed by atoms with Crippen molar-refractivity contribution in [1.82, 2.24) is 5.32 Å². The second-order valence-electron chi connectivity index (χ2n) is 3.52. The molecule has 0 bridgehead atoms. The zero-order valence-electron chi connectivity index (χ0n) is 8.74. The lowest BCUT2D eigenvalue weighted by Gasteiger charge is -2.15. The van der Waals surface area contributed by atoms with Gasteiger partial charge in [-0.15, -0.1) is 0 Å². The third-order valence-electron chi connectivity index (χ3n) is 1.62. The summed E-state index contributed by atoms with van der Waals surface area (Å²) < 4.78 is 0. The van der Waals surface area contributed by atoms with Crippen LogP contribution in [0, 0.1) is 5.92 Å². The molecule has 0 unspecified atom stereocenters. The monoisotopic (exact) mass is 219 g/mol. The standard InChI is InChI=1S/C9H17NO3S/c1-6(2)4-7(9(12)13)10-8(11)5-14-3/h6-7H,4-5H2,1-3H3,(H,10,11)(H,12,13)/t7-/m1/s1. The van der Waals surface area contributed by atoms with Crippen molar-refractivity contribution >= 4 is 23.6 Å². The van der Waals surface area contributed by atoms with E-state index in [0.29, 0.717) is 12.2 Å². The maximum atomic E-state index is 11.1. The minimum absolute atomic E-state index is 0.217. The Kier molecular flexibility index (Phi) is 6.36. The van der Waals surface area contributed by atoms with Gasteiger partial charge in [0, 0.05) is 0 Å². The lowest BCUT2D eigenvalue weighted by atomic mass is 10.0. The molecule has 0 saturated heterocycles. The maximum Gasteiger partial charge on any atom is 0.326 e. The number of hydrogen-bond donors (Lipinski definition) is 2. The molecule has 0 rings (SSSR count). The van der Waals surface area contributed by atoms with Gasteiger partial charge in [0.2, 0.25) is 5.91 Å². The third kappa shape index (κ3) is 5.85. The van der Waals surface area contributed by atoms with Crippen LogP contribution in [0.15, 0.2) is 0 Å². The number of rotatable bonds is 6. The molecule has 1 atom stereocenters. The average molecular weight is 219 g/mol. The first-order valence-corrected chi connectivity index (χ1v) is 5.87. The molecule has 2 N–H and O–H groups in total.